The molecule has 0 spiro atoms. The van der Waals surface area contributed by atoms with Gasteiger partial charge in [-0.1, -0.05) is 74.9 Å². The number of benzene rings is 2. The molecule has 192 valence electrons. The largest absolute Gasteiger partial charge is 0.497 e. The predicted molar refractivity (Wildman–Crippen MR) is 141 cm³/mol. The minimum absolute atomic E-state index is 0.0605. The van der Waals surface area contributed by atoms with Gasteiger partial charge in [0.05, 0.1) is 7.11 Å². The first-order valence-corrected chi connectivity index (χ1v) is 11.9. The van der Waals surface area contributed by atoms with Crippen LogP contribution in [0, 0.1) is 11.8 Å². The Labute approximate surface area is 214 Å². The van der Waals surface area contributed by atoms with E-state index in [0.29, 0.717) is 16.3 Å². The van der Waals surface area contributed by atoms with Crippen LogP contribution in [0.2, 0.25) is 5.02 Å². The molecular formula is C28H38ClNO5. The topological polar surface area (TPSA) is 87.9 Å². The molecule has 0 aliphatic carbocycles. The second-order valence-electron chi connectivity index (χ2n) is 9.66. The Kier molecular flexibility index (Phi) is 12.5. The van der Waals surface area contributed by atoms with Crippen molar-refractivity contribution in [1.29, 1.82) is 0 Å². The van der Waals surface area contributed by atoms with Crippen molar-refractivity contribution in [2.24, 2.45) is 17.6 Å². The molecular weight excluding hydrogens is 466 g/mol. The van der Waals surface area contributed by atoms with Gasteiger partial charge < -0.3 is 19.9 Å². The first-order chi connectivity index (χ1) is 16.3. The van der Waals surface area contributed by atoms with Gasteiger partial charge in [0, 0.05) is 5.02 Å². The highest BCUT2D eigenvalue weighted by molar-refractivity contribution is 6.32. The SMILES string of the molecule is CC(C)C.COc1ccc(Cl)c(/C=C/C(C(=O)OCc2ccccc2)C(N)C(=O)OC(C)(C)C)c1. The average Bonchev–Trinajstić information content (AvgIpc) is 2.78. The van der Waals surface area contributed by atoms with E-state index in [1.165, 1.54) is 6.08 Å². The third-order valence-electron chi connectivity index (χ3n) is 4.25. The van der Waals surface area contributed by atoms with E-state index in [1.54, 1.807) is 52.2 Å². The third-order valence-corrected chi connectivity index (χ3v) is 4.59. The summed E-state index contributed by atoms with van der Waals surface area (Å²) in [5.41, 5.74) is 6.80. The Morgan fingerprint density at radius 2 is 1.63 bits per heavy atom. The van der Waals surface area contributed by atoms with Crippen molar-refractivity contribution in [2.45, 2.75) is 59.8 Å². The van der Waals surface area contributed by atoms with Crippen LogP contribution >= 0.6 is 11.6 Å². The fraction of sp³-hybridized carbons (Fsp3) is 0.429. The number of esters is 2. The van der Waals surface area contributed by atoms with Crippen LogP contribution in [0.4, 0.5) is 0 Å². The van der Waals surface area contributed by atoms with E-state index in [1.807, 2.05) is 30.3 Å². The zero-order valence-electron chi connectivity index (χ0n) is 21.7. The van der Waals surface area contributed by atoms with Crippen LogP contribution in [-0.2, 0) is 25.7 Å². The summed E-state index contributed by atoms with van der Waals surface area (Å²) >= 11 is 6.24. The minimum Gasteiger partial charge on any atom is -0.497 e. The van der Waals surface area contributed by atoms with Crippen molar-refractivity contribution in [3.8, 4) is 5.75 Å². The second kappa shape index (κ2) is 14.5. The maximum atomic E-state index is 12.8. The zero-order valence-corrected chi connectivity index (χ0v) is 22.5. The standard InChI is InChI=1S/C24H28ClNO5.C4H10/c1-24(2,3)31-23(28)21(26)19(22(27)30-15-16-8-6-5-7-9-16)12-10-17-14-18(29-4)11-13-20(17)25;1-4(2)3/h5-14,19,21H,15,26H2,1-4H3;4H,1-3H3/b12-10+;. The summed E-state index contributed by atoms with van der Waals surface area (Å²) in [5, 5.41) is 0.458. The van der Waals surface area contributed by atoms with E-state index in [2.05, 4.69) is 20.8 Å². The maximum absolute atomic E-state index is 12.8. The molecule has 2 N–H and O–H groups in total. The number of carbonyl (C=O) groups excluding carboxylic acids is 2. The highest BCUT2D eigenvalue weighted by atomic mass is 35.5. The molecule has 0 heterocycles. The summed E-state index contributed by atoms with van der Waals surface area (Å²) in [6.45, 7) is 11.7. The van der Waals surface area contributed by atoms with Crippen molar-refractivity contribution >= 4 is 29.6 Å². The van der Waals surface area contributed by atoms with Crippen molar-refractivity contribution in [3.63, 3.8) is 0 Å². The van der Waals surface area contributed by atoms with Crippen LogP contribution in [0.15, 0.2) is 54.6 Å². The molecule has 2 atom stereocenters. The van der Waals surface area contributed by atoms with E-state index in [9.17, 15) is 9.59 Å². The van der Waals surface area contributed by atoms with Crippen molar-refractivity contribution in [1.82, 2.24) is 0 Å². The molecule has 0 saturated heterocycles. The Morgan fingerprint density at radius 1 is 1.03 bits per heavy atom. The molecule has 0 aliphatic heterocycles. The van der Waals surface area contributed by atoms with Crippen molar-refractivity contribution < 1.29 is 23.8 Å². The normalized spacial score (nSPS) is 13.0. The lowest BCUT2D eigenvalue weighted by molar-refractivity contribution is -0.162. The van der Waals surface area contributed by atoms with Gasteiger partial charge in [0.25, 0.3) is 0 Å². The van der Waals surface area contributed by atoms with Crippen LogP contribution in [0.5, 0.6) is 5.75 Å². The lowest BCUT2D eigenvalue weighted by atomic mass is 9.98. The molecule has 0 saturated carbocycles. The Hall–Kier alpha value is -2.83. The number of carbonyl (C=O) groups is 2. The van der Waals surface area contributed by atoms with Crippen LogP contribution in [0.3, 0.4) is 0 Å². The van der Waals surface area contributed by atoms with Gasteiger partial charge in [-0.15, -0.1) is 0 Å². The number of halogens is 1. The monoisotopic (exact) mass is 503 g/mol. The van der Waals surface area contributed by atoms with Crippen molar-refractivity contribution in [2.75, 3.05) is 7.11 Å². The van der Waals surface area contributed by atoms with E-state index < -0.39 is 29.5 Å². The fourth-order valence-corrected chi connectivity index (χ4v) is 2.85. The first kappa shape index (κ1) is 30.2. The molecule has 2 aromatic rings. The lowest BCUT2D eigenvalue weighted by Crippen LogP contribution is -2.45. The van der Waals surface area contributed by atoms with E-state index in [4.69, 9.17) is 31.5 Å². The molecule has 6 nitrogen and oxygen atoms in total. The number of hydrogen-bond donors (Lipinski definition) is 1. The molecule has 0 aliphatic rings. The summed E-state index contributed by atoms with van der Waals surface area (Å²) in [5.74, 6) is -0.974. The van der Waals surface area contributed by atoms with E-state index >= 15 is 0 Å². The van der Waals surface area contributed by atoms with Crippen molar-refractivity contribution in [3.05, 3.63) is 70.8 Å². The molecule has 0 amide bonds. The van der Waals surface area contributed by atoms with Crippen LogP contribution < -0.4 is 10.5 Å². The third kappa shape index (κ3) is 11.9. The Balaban J connectivity index is 0.00000142. The van der Waals surface area contributed by atoms with Gasteiger partial charge in [0.1, 0.15) is 29.9 Å². The van der Waals surface area contributed by atoms with Gasteiger partial charge in [-0.2, -0.15) is 0 Å². The summed E-state index contributed by atoms with van der Waals surface area (Å²) in [7, 11) is 1.54. The second-order valence-corrected chi connectivity index (χ2v) is 10.1. The lowest BCUT2D eigenvalue weighted by Gasteiger charge is -2.24. The highest BCUT2D eigenvalue weighted by Crippen LogP contribution is 2.24. The predicted octanol–water partition coefficient (Wildman–Crippen LogP) is 6.05. The highest BCUT2D eigenvalue weighted by Gasteiger charge is 2.33. The molecule has 0 fully saturated rings. The van der Waals surface area contributed by atoms with Gasteiger partial charge in [-0.3, -0.25) is 9.59 Å². The fourth-order valence-electron chi connectivity index (χ4n) is 2.67. The number of nitrogens with two attached hydrogens (primary N) is 1. The first-order valence-electron chi connectivity index (χ1n) is 11.5. The number of methoxy groups -OCH3 is 1. The average molecular weight is 504 g/mol. The molecule has 2 rings (SSSR count). The number of hydrogen-bond acceptors (Lipinski definition) is 6. The molecule has 2 unspecified atom stereocenters. The number of ether oxygens (including phenoxy) is 3. The van der Waals surface area contributed by atoms with E-state index in [-0.39, 0.29) is 6.61 Å². The quantitative estimate of drug-likeness (QED) is 0.441. The molecule has 35 heavy (non-hydrogen) atoms. The van der Waals surface area contributed by atoms with Gasteiger partial charge in [-0.05, 0) is 56.0 Å². The summed E-state index contributed by atoms with van der Waals surface area (Å²) in [6.07, 6.45) is 3.12. The number of rotatable bonds is 8. The summed E-state index contributed by atoms with van der Waals surface area (Å²) in [4.78, 5) is 25.4. The molecule has 0 aromatic heterocycles. The summed E-state index contributed by atoms with van der Waals surface area (Å²) < 4.78 is 16.0. The molecule has 0 bridgehead atoms. The van der Waals surface area contributed by atoms with Gasteiger partial charge in [0.2, 0.25) is 0 Å². The van der Waals surface area contributed by atoms with Gasteiger partial charge in [0.15, 0.2) is 0 Å². The van der Waals surface area contributed by atoms with E-state index in [0.717, 1.165) is 11.5 Å². The van der Waals surface area contributed by atoms with Gasteiger partial charge >= 0.3 is 11.9 Å². The summed E-state index contributed by atoms with van der Waals surface area (Å²) in [6, 6.07) is 13.1. The van der Waals surface area contributed by atoms with Crippen LogP contribution in [0.25, 0.3) is 6.08 Å². The smallest absolute Gasteiger partial charge is 0.324 e. The Morgan fingerprint density at radius 3 is 2.17 bits per heavy atom. The molecule has 7 heteroatoms. The zero-order chi connectivity index (χ0) is 26.6. The van der Waals surface area contributed by atoms with Crippen LogP contribution in [0.1, 0.15) is 52.7 Å². The molecule has 0 radical (unpaired) electrons. The minimum atomic E-state index is -1.25. The van der Waals surface area contributed by atoms with Crippen LogP contribution in [-0.4, -0.2) is 30.7 Å². The molecule has 2 aromatic carbocycles. The Bertz CT molecular complexity index is 964. The maximum Gasteiger partial charge on any atom is 0.324 e. The van der Waals surface area contributed by atoms with Gasteiger partial charge in [-0.25, -0.2) is 0 Å².